The molecule has 1 aliphatic rings. The highest BCUT2D eigenvalue weighted by Crippen LogP contribution is 2.24. The Morgan fingerprint density at radius 3 is 2.27 bits per heavy atom. The first-order valence-corrected chi connectivity index (χ1v) is 10.6. The second kappa shape index (κ2) is 8.81. The number of aryl methyl sites for hydroxylation is 3. The van der Waals surface area contributed by atoms with Crippen LogP contribution in [0.1, 0.15) is 44.9 Å². The largest absolute Gasteiger partial charge is 0.368 e. The van der Waals surface area contributed by atoms with Crippen molar-refractivity contribution in [1.29, 1.82) is 0 Å². The lowest BCUT2D eigenvalue weighted by Gasteiger charge is -2.21. The van der Waals surface area contributed by atoms with Gasteiger partial charge in [0, 0.05) is 24.8 Å². The maximum Gasteiger partial charge on any atom is 0.262 e. The molecule has 0 fully saturated rings. The van der Waals surface area contributed by atoms with Crippen LogP contribution >= 0.6 is 0 Å². The van der Waals surface area contributed by atoms with Crippen LogP contribution in [0.2, 0.25) is 0 Å². The fourth-order valence-corrected chi connectivity index (χ4v) is 3.81. The fraction of sp³-hybridized carbons (Fsp3) is 0.304. The van der Waals surface area contributed by atoms with Gasteiger partial charge in [0.25, 0.3) is 11.8 Å². The third-order valence-corrected chi connectivity index (χ3v) is 5.37. The average molecular weight is 447 g/mol. The number of nitrogens with zero attached hydrogens (tertiary/aromatic N) is 5. The van der Waals surface area contributed by atoms with E-state index in [2.05, 4.69) is 25.7 Å². The molecule has 1 atom stereocenters. The molecule has 0 radical (unpaired) electrons. The second-order valence-electron chi connectivity index (χ2n) is 7.92. The number of rotatable bonds is 7. The van der Waals surface area contributed by atoms with Gasteiger partial charge in [-0.1, -0.05) is 12.1 Å². The van der Waals surface area contributed by atoms with Crippen LogP contribution in [-0.2, 0) is 4.79 Å². The first-order chi connectivity index (χ1) is 15.8. The summed E-state index contributed by atoms with van der Waals surface area (Å²) in [5, 5.41) is 10.4. The number of imide groups is 1. The minimum atomic E-state index is -0.920. The monoisotopic (exact) mass is 447 g/mol. The Morgan fingerprint density at radius 2 is 1.67 bits per heavy atom. The number of hydrogen-bond donors (Lipinski definition) is 2. The lowest BCUT2D eigenvalue weighted by Crippen LogP contribution is -2.48. The zero-order valence-electron chi connectivity index (χ0n) is 18.9. The van der Waals surface area contributed by atoms with Crippen molar-refractivity contribution in [2.45, 2.75) is 33.7 Å². The lowest BCUT2D eigenvalue weighted by molar-refractivity contribution is -0.124. The van der Waals surface area contributed by atoms with Gasteiger partial charge in [-0.15, -0.1) is 0 Å². The number of aromatic nitrogens is 4. The smallest absolute Gasteiger partial charge is 0.262 e. The molecule has 33 heavy (non-hydrogen) atoms. The van der Waals surface area contributed by atoms with Gasteiger partial charge < -0.3 is 10.6 Å². The molecule has 0 saturated heterocycles. The second-order valence-corrected chi connectivity index (χ2v) is 7.92. The topological polar surface area (TPSA) is 122 Å². The maximum absolute atomic E-state index is 12.6. The summed E-state index contributed by atoms with van der Waals surface area (Å²) in [5.41, 5.74) is 2.50. The Balaban J connectivity index is 1.34. The summed E-state index contributed by atoms with van der Waals surface area (Å²) < 4.78 is 1.75. The first kappa shape index (κ1) is 22.1. The highest BCUT2D eigenvalue weighted by molar-refractivity contribution is 6.22. The summed E-state index contributed by atoms with van der Waals surface area (Å²) in [6, 6.07) is 9.40. The molecule has 3 aromatic rings. The lowest BCUT2D eigenvalue weighted by atomic mass is 10.1. The molecule has 1 aliphatic heterocycles. The molecule has 3 amide bonds. The van der Waals surface area contributed by atoms with Crippen molar-refractivity contribution in [2.75, 3.05) is 18.4 Å². The molecule has 170 valence electrons. The number of carbonyl (C=O) groups is 3. The van der Waals surface area contributed by atoms with Crippen LogP contribution in [-0.4, -0.2) is 61.5 Å². The molecule has 2 N–H and O–H groups in total. The van der Waals surface area contributed by atoms with Gasteiger partial charge in [-0.2, -0.15) is 5.10 Å². The van der Waals surface area contributed by atoms with Gasteiger partial charge in [0.2, 0.25) is 5.91 Å². The summed E-state index contributed by atoms with van der Waals surface area (Å²) in [6.45, 7) is 7.89. The van der Waals surface area contributed by atoms with Gasteiger partial charge in [-0.05, 0) is 45.9 Å². The van der Waals surface area contributed by atoms with Crippen molar-refractivity contribution in [3.05, 3.63) is 64.7 Å². The highest BCUT2D eigenvalue weighted by atomic mass is 16.2. The quantitative estimate of drug-likeness (QED) is 0.418. The van der Waals surface area contributed by atoms with E-state index in [4.69, 9.17) is 0 Å². The highest BCUT2D eigenvalue weighted by Gasteiger charge is 2.40. The molecule has 4 rings (SSSR count). The van der Waals surface area contributed by atoms with Crippen LogP contribution in [0.5, 0.6) is 0 Å². The van der Waals surface area contributed by atoms with Crippen molar-refractivity contribution >= 4 is 23.5 Å². The molecule has 1 aromatic carbocycles. The van der Waals surface area contributed by atoms with Crippen molar-refractivity contribution in [1.82, 2.24) is 30.0 Å². The summed E-state index contributed by atoms with van der Waals surface area (Å²) in [4.78, 5) is 47.6. The number of fused-ring (bicyclic) bond motifs is 1. The summed E-state index contributed by atoms with van der Waals surface area (Å²) in [7, 11) is 0. The SMILES string of the molecule is Cc1cc(C)n(-c2cc(NCCNC(=O)[C@H](C)N3C(=O)c4ccccc4C3=O)nc(C)n2)n1. The molecule has 0 aliphatic carbocycles. The molecule has 0 unspecified atom stereocenters. The number of nitrogens with one attached hydrogen (secondary N) is 2. The van der Waals surface area contributed by atoms with Crippen LogP contribution in [0.4, 0.5) is 5.82 Å². The van der Waals surface area contributed by atoms with E-state index in [-0.39, 0.29) is 6.54 Å². The minimum Gasteiger partial charge on any atom is -0.368 e. The Hall–Kier alpha value is -4.08. The normalized spacial score (nSPS) is 13.8. The molecule has 2 aromatic heterocycles. The Labute approximate surface area is 191 Å². The average Bonchev–Trinajstić information content (AvgIpc) is 3.25. The standard InChI is InChI=1S/C23H25N7O3/c1-13-11-14(2)30(28-13)20-12-19(26-16(4)27-20)24-9-10-25-21(31)15(3)29-22(32)17-7-5-6-8-18(17)23(29)33/h5-8,11-12,15H,9-10H2,1-4H3,(H,25,31)(H,24,26,27)/t15-/m0/s1. The van der Waals surface area contributed by atoms with Crippen LogP contribution in [0.25, 0.3) is 5.82 Å². The minimum absolute atomic E-state index is 0.282. The van der Waals surface area contributed by atoms with Gasteiger partial charge in [0.15, 0.2) is 5.82 Å². The Morgan fingerprint density at radius 1 is 1.00 bits per heavy atom. The number of benzene rings is 1. The van der Waals surface area contributed by atoms with Crippen LogP contribution in [0.15, 0.2) is 36.4 Å². The van der Waals surface area contributed by atoms with Gasteiger partial charge in [-0.25, -0.2) is 14.6 Å². The van der Waals surface area contributed by atoms with E-state index < -0.39 is 23.8 Å². The number of amides is 3. The van der Waals surface area contributed by atoms with Crippen molar-refractivity contribution in [2.24, 2.45) is 0 Å². The summed E-state index contributed by atoms with van der Waals surface area (Å²) in [5.74, 6) is 0.528. The molecule has 3 heterocycles. The molecular formula is C23H25N7O3. The maximum atomic E-state index is 12.6. The third-order valence-electron chi connectivity index (χ3n) is 5.37. The van der Waals surface area contributed by atoms with E-state index >= 15 is 0 Å². The van der Waals surface area contributed by atoms with E-state index in [0.717, 1.165) is 16.3 Å². The number of hydrogen-bond acceptors (Lipinski definition) is 7. The summed E-state index contributed by atoms with van der Waals surface area (Å²) >= 11 is 0. The number of anilines is 1. The Kier molecular flexibility index (Phi) is 5.91. The van der Waals surface area contributed by atoms with Gasteiger partial charge in [-0.3, -0.25) is 19.3 Å². The molecule has 0 bridgehead atoms. The van der Waals surface area contributed by atoms with E-state index in [9.17, 15) is 14.4 Å². The van der Waals surface area contributed by atoms with Gasteiger partial charge in [0.1, 0.15) is 17.7 Å². The predicted octanol–water partition coefficient (Wildman–Crippen LogP) is 1.80. The summed E-state index contributed by atoms with van der Waals surface area (Å²) in [6.07, 6.45) is 0. The molecule has 0 spiro atoms. The van der Waals surface area contributed by atoms with E-state index in [1.807, 2.05) is 19.9 Å². The van der Waals surface area contributed by atoms with Crippen molar-refractivity contribution in [3.8, 4) is 5.82 Å². The first-order valence-electron chi connectivity index (χ1n) is 10.6. The molecular weight excluding hydrogens is 422 g/mol. The van der Waals surface area contributed by atoms with E-state index in [1.54, 1.807) is 48.9 Å². The predicted molar refractivity (Wildman–Crippen MR) is 121 cm³/mol. The van der Waals surface area contributed by atoms with E-state index in [1.165, 1.54) is 0 Å². The van der Waals surface area contributed by atoms with Crippen molar-refractivity contribution < 1.29 is 14.4 Å². The zero-order chi connectivity index (χ0) is 23.7. The third kappa shape index (κ3) is 4.32. The Bertz CT molecular complexity index is 1220. The zero-order valence-corrected chi connectivity index (χ0v) is 18.9. The van der Waals surface area contributed by atoms with Crippen LogP contribution in [0.3, 0.4) is 0 Å². The van der Waals surface area contributed by atoms with Crippen LogP contribution in [0, 0.1) is 20.8 Å². The molecule has 10 nitrogen and oxygen atoms in total. The molecule has 10 heteroatoms. The van der Waals surface area contributed by atoms with Gasteiger partial charge in [0.05, 0.1) is 16.8 Å². The molecule has 0 saturated carbocycles. The number of carbonyl (C=O) groups excluding carboxylic acids is 3. The fourth-order valence-electron chi connectivity index (χ4n) is 3.81. The van der Waals surface area contributed by atoms with Gasteiger partial charge >= 0.3 is 0 Å². The van der Waals surface area contributed by atoms with E-state index in [0.29, 0.717) is 35.1 Å². The van der Waals surface area contributed by atoms with Crippen LogP contribution < -0.4 is 10.6 Å². The van der Waals surface area contributed by atoms with Crippen molar-refractivity contribution in [3.63, 3.8) is 0 Å².